The van der Waals surface area contributed by atoms with E-state index in [2.05, 4.69) is 0 Å². The molecule has 17 heavy (non-hydrogen) atoms. The van der Waals surface area contributed by atoms with Crippen molar-refractivity contribution in [3.8, 4) is 11.5 Å². The first-order chi connectivity index (χ1) is 8.08. The zero-order valence-corrected chi connectivity index (χ0v) is 11.3. The zero-order chi connectivity index (χ0) is 12.8. The Morgan fingerprint density at radius 1 is 1.41 bits per heavy atom. The maximum atomic E-state index is 11.1. The molecule has 5 heteroatoms. The van der Waals surface area contributed by atoms with E-state index in [0.717, 1.165) is 5.56 Å². The molecule has 0 aliphatic heterocycles. The molecule has 0 amide bonds. The normalized spacial score (nSPS) is 14.1. The van der Waals surface area contributed by atoms with Crippen LogP contribution in [0.3, 0.4) is 0 Å². The number of benzene rings is 1. The summed E-state index contributed by atoms with van der Waals surface area (Å²) in [6.07, 6.45) is 1.65. The van der Waals surface area contributed by atoms with Crippen LogP contribution < -0.4 is 15.2 Å². The molecule has 1 unspecified atom stereocenters. The van der Waals surface area contributed by atoms with Crippen molar-refractivity contribution in [2.24, 2.45) is 5.73 Å². The summed E-state index contributed by atoms with van der Waals surface area (Å²) in [5, 5.41) is 0. The highest BCUT2D eigenvalue weighted by Crippen LogP contribution is 2.29. The van der Waals surface area contributed by atoms with Crippen molar-refractivity contribution < 1.29 is 13.7 Å². The summed E-state index contributed by atoms with van der Waals surface area (Å²) >= 11 is 0. The largest absolute Gasteiger partial charge is 0.493 e. The first kappa shape index (κ1) is 14.0. The van der Waals surface area contributed by atoms with E-state index in [1.165, 1.54) is 0 Å². The SMILES string of the molecule is CCOc1cc([C@H](N)CS(C)=O)ccc1OC. The molecule has 0 fully saturated rings. The molecule has 2 N–H and O–H groups in total. The number of hydrogen-bond acceptors (Lipinski definition) is 4. The van der Waals surface area contributed by atoms with Gasteiger partial charge in [0.2, 0.25) is 0 Å². The number of methoxy groups -OCH3 is 1. The molecule has 1 aromatic carbocycles. The van der Waals surface area contributed by atoms with Gasteiger partial charge in [0.25, 0.3) is 0 Å². The predicted octanol–water partition coefficient (Wildman–Crippen LogP) is 1.47. The maximum absolute atomic E-state index is 11.1. The van der Waals surface area contributed by atoms with E-state index in [0.29, 0.717) is 23.9 Å². The smallest absolute Gasteiger partial charge is 0.161 e. The first-order valence-electron chi connectivity index (χ1n) is 5.44. The molecule has 0 aliphatic carbocycles. The number of nitrogens with two attached hydrogens (primary N) is 1. The zero-order valence-electron chi connectivity index (χ0n) is 10.4. The van der Waals surface area contributed by atoms with Gasteiger partial charge in [0, 0.05) is 28.9 Å². The first-order valence-corrected chi connectivity index (χ1v) is 7.17. The van der Waals surface area contributed by atoms with E-state index < -0.39 is 10.8 Å². The summed E-state index contributed by atoms with van der Waals surface area (Å²) in [6, 6.07) is 5.29. The molecular weight excluding hydrogens is 238 g/mol. The van der Waals surface area contributed by atoms with Gasteiger partial charge in [0.05, 0.1) is 13.7 Å². The number of hydrogen-bond donors (Lipinski definition) is 1. The lowest BCUT2D eigenvalue weighted by Crippen LogP contribution is -2.17. The van der Waals surface area contributed by atoms with Crippen LogP contribution in [0.5, 0.6) is 11.5 Å². The Balaban J connectivity index is 2.94. The summed E-state index contributed by atoms with van der Waals surface area (Å²) < 4.78 is 21.8. The molecule has 96 valence electrons. The van der Waals surface area contributed by atoms with Gasteiger partial charge in [0.15, 0.2) is 11.5 Å². The molecule has 0 bridgehead atoms. The molecular formula is C12H19NO3S. The van der Waals surface area contributed by atoms with Gasteiger partial charge in [-0.3, -0.25) is 4.21 Å². The third kappa shape index (κ3) is 4.02. The molecule has 2 atom stereocenters. The Kier molecular flexibility index (Phi) is 5.44. The number of ether oxygens (including phenoxy) is 2. The molecule has 4 nitrogen and oxygen atoms in total. The Morgan fingerprint density at radius 2 is 2.12 bits per heavy atom. The topological polar surface area (TPSA) is 61.5 Å². The molecule has 1 rings (SSSR count). The van der Waals surface area contributed by atoms with Crippen molar-refractivity contribution in [2.75, 3.05) is 25.7 Å². The lowest BCUT2D eigenvalue weighted by atomic mass is 10.1. The van der Waals surface area contributed by atoms with Crippen molar-refractivity contribution in [1.82, 2.24) is 0 Å². The van der Waals surface area contributed by atoms with Crippen molar-refractivity contribution in [3.05, 3.63) is 23.8 Å². The fourth-order valence-corrected chi connectivity index (χ4v) is 2.24. The van der Waals surface area contributed by atoms with E-state index in [1.54, 1.807) is 13.4 Å². The lowest BCUT2D eigenvalue weighted by molar-refractivity contribution is 0.310. The average Bonchev–Trinajstić information content (AvgIpc) is 2.28. The minimum absolute atomic E-state index is 0.244. The van der Waals surface area contributed by atoms with Crippen LogP contribution >= 0.6 is 0 Å². The molecule has 0 heterocycles. The van der Waals surface area contributed by atoms with Gasteiger partial charge < -0.3 is 15.2 Å². The molecule has 0 saturated carbocycles. The molecule has 0 aliphatic rings. The predicted molar refractivity (Wildman–Crippen MR) is 70.0 cm³/mol. The third-order valence-electron chi connectivity index (χ3n) is 2.33. The average molecular weight is 257 g/mol. The van der Waals surface area contributed by atoms with Gasteiger partial charge in [-0.05, 0) is 24.6 Å². The minimum atomic E-state index is -0.911. The third-order valence-corrected chi connectivity index (χ3v) is 3.16. The van der Waals surface area contributed by atoms with E-state index in [4.69, 9.17) is 15.2 Å². The van der Waals surface area contributed by atoms with Gasteiger partial charge in [-0.1, -0.05) is 6.07 Å². The summed E-state index contributed by atoms with van der Waals surface area (Å²) in [5.74, 6) is 1.79. The van der Waals surface area contributed by atoms with Crippen molar-refractivity contribution >= 4 is 10.8 Å². The van der Waals surface area contributed by atoms with Crippen LogP contribution in [0.15, 0.2) is 18.2 Å². The van der Waals surface area contributed by atoms with Crippen LogP contribution in [0, 0.1) is 0 Å². The number of rotatable bonds is 6. The van der Waals surface area contributed by atoms with Crippen molar-refractivity contribution in [1.29, 1.82) is 0 Å². The molecule has 0 saturated heterocycles. The summed E-state index contributed by atoms with van der Waals surface area (Å²) in [5.41, 5.74) is 6.87. The molecule has 0 spiro atoms. The van der Waals surface area contributed by atoms with Crippen molar-refractivity contribution in [3.63, 3.8) is 0 Å². The second kappa shape index (κ2) is 6.61. The van der Waals surface area contributed by atoms with Crippen LogP contribution in [0.25, 0.3) is 0 Å². The minimum Gasteiger partial charge on any atom is -0.493 e. The van der Waals surface area contributed by atoms with Crippen LogP contribution in [0.2, 0.25) is 0 Å². The Hall–Kier alpha value is -1.07. The fraction of sp³-hybridized carbons (Fsp3) is 0.500. The Morgan fingerprint density at radius 3 is 2.65 bits per heavy atom. The van der Waals surface area contributed by atoms with E-state index in [-0.39, 0.29) is 6.04 Å². The van der Waals surface area contributed by atoms with Crippen LogP contribution in [-0.4, -0.2) is 29.9 Å². The summed E-state index contributed by atoms with van der Waals surface area (Å²) in [4.78, 5) is 0. The highest BCUT2D eigenvalue weighted by molar-refractivity contribution is 7.84. The highest BCUT2D eigenvalue weighted by atomic mass is 32.2. The van der Waals surface area contributed by atoms with Crippen LogP contribution in [-0.2, 0) is 10.8 Å². The second-order valence-electron chi connectivity index (χ2n) is 3.69. The maximum Gasteiger partial charge on any atom is 0.161 e. The monoisotopic (exact) mass is 257 g/mol. The van der Waals surface area contributed by atoms with Gasteiger partial charge in [-0.15, -0.1) is 0 Å². The van der Waals surface area contributed by atoms with E-state index >= 15 is 0 Å². The highest BCUT2D eigenvalue weighted by Gasteiger charge is 2.12. The van der Waals surface area contributed by atoms with Crippen molar-refractivity contribution in [2.45, 2.75) is 13.0 Å². The van der Waals surface area contributed by atoms with E-state index in [9.17, 15) is 4.21 Å². The van der Waals surface area contributed by atoms with Crippen LogP contribution in [0.4, 0.5) is 0 Å². The van der Waals surface area contributed by atoms with Gasteiger partial charge >= 0.3 is 0 Å². The van der Waals surface area contributed by atoms with Gasteiger partial charge in [0.1, 0.15) is 0 Å². The summed E-state index contributed by atoms with van der Waals surface area (Å²) in [6.45, 7) is 2.47. The van der Waals surface area contributed by atoms with E-state index in [1.807, 2.05) is 25.1 Å². The standard InChI is InChI=1S/C12H19NO3S/c1-4-16-12-7-9(5-6-11(12)15-2)10(13)8-17(3)14/h5-7,10H,4,8,13H2,1-3H3/t10-,17?/m1/s1. The molecule has 0 radical (unpaired) electrons. The van der Waals surface area contributed by atoms with Gasteiger partial charge in [-0.2, -0.15) is 0 Å². The van der Waals surface area contributed by atoms with Gasteiger partial charge in [-0.25, -0.2) is 0 Å². The second-order valence-corrected chi connectivity index (χ2v) is 5.17. The Bertz CT molecular complexity index is 395. The quantitative estimate of drug-likeness (QED) is 0.838. The Labute approximate surface area is 105 Å². The fourth-order valence-electron chi connectivity index (χ4n) is 1.54. The summed E-state index contributed by atoms with van der Waals surface area (Å²) in [7, 11) is 0.685. The molecule has 0 aromatic heterocycles. The van der Waals surface area contributed by atoms with Crippen LogP contribution in [0.1, 0.15) is 18.5 Å². The lowest BCUT2D eigenvalue weighted by Gasteiger charge is -2.14. The molecule has 1 aromatic rings.